The van der Waals surface area contributed by atoms with E-state index in [-0.39, 0.29) is 11.9 Å². The van der Waals surface area contributed by atoms with Crippen molar-refractivity contribution in [1.29, 1.82) is 0 Å². The molecule has 0 radical (unpaired) electrons. The maximum absolute atomic E-state index is 11.2. The van der Waals surface area contributed by atoms with E-state index in [9.17, 15) is 9.90 Å². The molecule has 4 nitrogen and oxygen atoms in total. The van der Waals surface area contributed by atoms with Crippen molar-refractivity contribution < 1.29 is 9.90 Å². The Morgan fingerprint density at radius 3 is 2.57 bits per heavy atom. The van der Waals surface area contributed by atoms with E-state index in [1.54, 1.807) is 13.8 Å². The first-order valence-electron chi connectivity index (χ1n) is 5.06. The van der Waals surface area contributed by atoms with Gasteiger partial charge in [0.2, 0.25) is 5.91 Å². The lowest BCUT2D eigenvalue weighted by Crippen LogP contribution is -2.38. The third-order valence-electron chi connectivity index (χ3n) is 1.78. The van der Waals surface area contributed by atoms with Crippen LogP contribution in [0.1, 0.15) is 40.0 Å². The van der Waals surface area contributed by atoms with Crippen molar-refractivity contribution in [3.8, 4) is 0 Å². The smallest absolute Gasteiger partial charge is 0.220 e. The molecule has 1 unspecified atom stereocenters. The highest BCUT2D eigenvalue weighted by atomic mass is 16.3. The molecule has 0 aromatic heterocycles. The molecule has 4 heteroatoms. The van der Waals surface area contributed by atoms with Gasteiger partial charge in [-0.2, -0.15) is 0 Å². The Bertz CT molecular complexity index is 173. The van der Waals surface area contributed by atoms with Crippen molar-refractivity contribution in [3.63, 3.8) is 0 Å². The van der Waals surface area contributed by atoms with Crippen molar-refractivity contribution >= 4 is 5.91 Å². The van der Waals surface area contributed by atoms with E-state index in [2.05, 4.69) is 5.32 Å². The fourth-order valence-electron chi connectivity index (χ4n) is 0.988. The van der Waals surface area contributed by atoms with Gasteiger partial charge in [0.25, 0.3) is 0 Å². The number of nitrogens with two attached hydrogens (primary N) is 1. The van der Waals surface area contributed by atoms with Gasteiger partial charge < -0.3 is 16.2 Å². The second-order valence-electron chi connectivity index (χ2n) is 4.46. The fraction of sp³-hybridized carbons (Fsp3) is 0.900. The molecule has 0 bridgehead atoms. The van der Waals surface area contributed by atoms with E-state index in [0.717, 1.165) is 12.8 Å². The van der Waals surface area contributed by atoms with Gasteiger partial charge in [-0.1, -0.05) is 0 Å². The number of carbonyl (C=O) groups is 1. The number of carbonyl (C=O) groups excluding carboxylic acids is 1. The van der Waals surface area contributed by atoms with Crippen LogP contribution in [0.3, 0.4) is 0 Å². The zero-order valence-corrected chi connectivity index (χ0v) is 9.34. The van der Waals surface area contributed by atoms with Crippen LogP contribution < -0.4 is 11.1 Å². The first-order chi connectivity index (χ1) is 6.31. The maximum Gasteiger partial charge on any atom is 0.220 e. The maximum atomic E-state index is 11.2. The number of nitrogens with one attached hydrogen (secondary N) is 1. The molecule has 0 rings (SSSR count). The Hall–Kier alpha value is -0.610. The van der Waals surface area contributed by atoms with E-state index in [1.807, 2.05) is 6.92 Å². The van der Waals surface area contributed by atoms with Crippen LogP contribution in [0.5, 0.6) is 0 Å². The Kier molecular flexibility index (Phi) is 5.72. The first kappa shape index (κ1) is 13.4. The Labute approximate surface area is 85.9 Å². The molecular formula is C10H22N2O2. The van der Waals surface area contributed by atoms with Gasteiger partial charge in [0.1, 0.15) is 0 Å². The zero-order valence-electron chi connectivity index (χ0n) is 9.34. The van der Waals surface area contributed by atoms with Crippen molar-refractivity contribution in [3.05, 3.63) is 0 Å². The lowest BCUT2D eigenvalue weighted by molar-refractivity contribution is -0.122. The molecule has 0 aliphatic rings. The van der Waals surface area contributed by atoms with E-state index in [4.69, 9.17) is 5.73 Å². The molecule has 0 saturated carbocycles. The van der Waals surface area contributed by atoms with E-state index < -0.39 is 5.60 Å². The van der Waals surface area contributed by atoms with Gasteiger partial charge in [0.15, 0.2) is 0 Å². The highest BCUT2D eigenvalue weighted by molar-refractivity contribution is 5.75. The summed E-state index contributed by atoms with van der Waals surface area (Å²) in [4.78, 5) is 11.2. The van der Waals surface area contributed by atoms with Crippen LogP contribution in [0, 0.1) is 0 Å². The molecule has 0 saturated heterocycles. The first-order valence-corrected chi connectivity index (χ1v) is 5.06. The Morgan fingerprint density at radius 2 is 2.14 bits per heavy atom. The SMILES string of the molecule is CC(N)CCCC(=O)NCC(C)(C)O. The number of amides is 1. The molecule has 0 fully saturated rings. The van der Waals surface area contributed by atoms with Crippen LogP contribution in [-0.4, -0.2) is 29.2 Å². The molecule has 0 aliphatic heterocycles. The van der Waals surface area contributed by atoms with Crippen molar-refractivity contribution in [2.24, 2.45) is 5.73 Å². The van der Waals surface area contributed by atoms with Gasteiger partial charge in [0, 0.05) is 19.0 Å². The standard InChI is InChI=1S/C10H22N2O2/c1-8(11)5-4-6-9(13)12-7-10(2,3)14/h8,14H,4-7,11H2,1-3H3,(H,12,13). The highest BCUT2D eigenvalue weighted by Crippen LogP contribution is 2.00. The van der Waals surface area contributed by atoms with Crippen molar-refractivity contribution in [2.45, 2.75) is 51.7 Å². The fourth-order valence-corrected chi connectivity index (χ4v) is 0.988. The predicted octanol–water partition coefficient (Wildman–Crippen LogP) is 0.391. The summed E-state index contributed by atoms with van der Waals surface area (Å²) in [5, 5.41) is 12.0. The molecule has 1 atom stereocenters. The molecule has 1 amide bonds. The monoisotopic (exact) mass is 202 g/mol. The molecule has 0 heterocycles. The van der Waals surface area contributed by atoms with E-state index >= 15 is 0 Å². The van der Waals surface area contributed by atoms with Gasteiger partial charge >= 0.3 is 0 Å². The third-order valence-corrected chi connectivity index (χ3v) is 1.78. The summed E-state index contributed by atoms with van der Waals surface area (Å²) in [5.41, 5.74) is 4.71. The summed E-state index contributed by atoms with van der Waals surface area (Å²) in [7, 11) is 0. The summed E-state index contributed by atoms with van der Waals surface area (Å²) >= 11 is 0. The quantitative estimate of drug-likeness (QED) is 0.583. The van der Waals surface area contributed by atoms with Crippen LogP contribution in [0.2, 0.25) is 0 Å². The Morgan fingerprint density at radius 1 is 1.57 bits per heavy atom. The molecule has 14 heavy (non-hydrogen) atoms. The normalized spacial score (nSPS) is 13.8. The Balaban J connectivity index is 3.47. The molecule has 0 aromatic carbocycles. The highest BCUT2D eigenvalue weighted by Gasteiger charge is 2.13. The van der Waals surface area contributed by atoms with Crippen LogP contribution in [0.4, 0.5) is 0 Å². The summed E-state index contributed by atoms with van der Waals surface area (Å²) in [6, 6.07) is 0.150. The molecule has 0 aliphatic carbocycles. The van der Waals surface area contributed by atoms with Gasteiger partial charge in [0.05, 0.1) is 5.60 Å². The average molecular weight is 202 g/mol. The van der Waals surface area contributed by atoms with Crippen molar-refractivity contribution in [1.82, 2.24) is 5.32 Å². The number of aliphatic hydroxyl groups is 1. The molecular weight excluding hydrogens is 180 g/mol. The lowest BCUT2D eigenvalue weighted by atomic mass is 10.1. The average Bonchev–Trinajstić information content (AvgIpc) is 1.99. The van der Waals surface area contributed by atoms with Gasteiger partial charge in [-0.15, -0.1) is 0 Å². The van der Waals surface area contributed by atoms with Crippen LogP contribution in [0.15, 0.2) is 0 Å². The summed E-state index contributed by atoms with van der Waals surface area (Å²) < 4.78 is 0. The second-order valence-corrected chi connectivity index (χ2v) is 4.46. The third kappa shape index (κ3) is 9.48. The minimum Gasteiger partial charge on any atom is -0.389 e. The zero-order chi connectivity index (χ0) is 11.2. The van der Waals surface area contributed by atoms with E-state index in [0.29, 0.717) is 13.0 Å². The predicted molar refractivity (Wildman–Crippen MR) is 56.8 cm³/mol. The molecule has 4 N–H and O–H groups in total. The second kappa shape index (κ2) is 5.98. The minimum absolute atomic E-state index is 0.0206. The van der Waals surface area contributed by atoms with Crippen molar-refractivity contribution in [2.75, 3.05) is 6.54 Å². The number of hydrogen-bond donors (Lipinski definition) is 3. The molecule has 84 valence electrons. The number of rotatable bonds is 6. The topological polar surface area (TPSA) is 75.4 Å². The van der Waals surface area contributed by atoms with Gasteiger partial charge in [-0.05, 0) is 33.6 Å². The molecule has 0 spiro atoms. The van der Waals surface area contributed by atoms with Crippen LogP contribution >= 0.6 is 0 Å². The van der Waals surface area contributed by atoms with Crippen LogP contribution in [-0.2, 0) is 4.79 Å². The van der Waals surface area contributed by atoms with E-state index in [1.165, 1.54) is 0 Å². The summed E-state index contributed by atoms with van der Waals surface area (Å²) in [5.74, 6) is -0.0206. The summed E-state index contributed by atoms with van der Waals surface area (Å²) in [6.07, 6.45) is 2.14. The van der Waals surface area contributed by atoms with Crippen LogP contribution in [0.25, 0.3) is 0 Å². The number of hydrogen-bond acceptors (Lipinski definition) is 3. The minimum atomic E-state index is -0.836. The molecule has 0 aromatic rings. The van der Waals surface area contributed by atoms with Gasteiger partial charge in [-0.3, -0.25) is 4.79 Å². The largest absolute Gasteiger partial charge is 0.389 e. The lowest BCUT2D eigenvalue weighted by Gasteiger charge is -2.17. The van der Waals surface area contributed by atoms with Gasteiger partial charge in [-0.25, -0.2) is 0 Å². The summed E-state index contributed by atoms with van der Waals surface area (Å²) in [6.45, 7) is 5.54.